The maximum atomic E-state index is 9.71. The van der Waals surface area contributed by atoms with E-state index in [4.69, 9.17) is 23.2 Å². The first kappa shape index (κ1) is 15.3. The Labute approximate surface area is 93.1 Å². The summed E-state index contributed by atoms with van der Waals surface area (Å²) in [5, 5.41) is -3.73. The highest BCUT2D eigenvalue weighted by atomic mass is 35.5. The van der Waals surface area contributed by atoms with E-state index in [0.29, 0.717) is 0 Å². The van der Waals surface area contributed by atoms with Gasteiger partial charge in [0.1, 0.15) is 0 Å². The largest absolute Gasteiger partial charge is 0.304 e. The molecule has 0 atom stereocenters. The molecule has 4 nitrogen and oxygen atoms in total. The van der Waals surface area contributed by atoms with Crippen LogP contribution in [0.25, 0.3) is 0 Å². The molecule has 0 aromatic carbocycles. The second-order valence-electron chi connectivity index (χ2n) is 1.43. The second-order valence-corrected chi connectivity index (χ2v) is 2.96. The van der Waals surface area contributed by atoms with Gasteiger partial charge in [0.25, 0.3) is 0 Å². The highest BCUT2D eigenvalue weighted by Gasteiger charge is 2.02. The minimum atomic E-state index is -1.14. The zero-order valence-electron chi connectivity index (χ0n) is 5.85. The van der Waals surface area contributed by atoms with Crippen molar-refractivity contribution in [2.45, 2.75) is 6.42 Å². The van der Waals surface area contributed by atoms with Crippen LogP contribution in [0, 0.1) is 0 Å². The third-order valence-electron chi connectivity index (χ3n) is 0.433. The molecule has 0 N–H and O–H groups in total. The number of halogens is 4. The molecule has 0 aliphatic rings. The SMILES string of the molecule is O=C(Cl)C(=O)Cl.O=C(Cl)CC(=O)Cl. The number of hydrogen-bond acceptors (Lipinski definition) is 4. The number of rotatable bonds is 3. The van der Waals surface area contributed by atoms with Crippen LogP contribution < -0.4 is 0 Å². The highest BCUT2D eigenvalue weighted by Crippen LogP contribution is 1.92. The maximum Gasteiger partial charge on any atom is 0.304 e. The summed E-state index contributed by atoms with van der Waals surface area (Å²) < 4.78 is 0. The van der Waals surface area contributed by atoms with Crippen molar-refractivity contribution < 1.29 is 19.2 Å². The molecule has 0 aliphatic heterocycles. The molecule has 0 heterocycles. The maximum absolute atomic E-state index is 9.71. The van der Waals surface area contributed by atoms with E-state index in [-0.39, 0.29) is 6.42 Å². The van der Waals surface area contributed by atoms with E-state index >= 15 is 0 Å². The zero-order chi connectivity index (χ0) is 11.0. The van der Waals surface area contributed by atoms with Gasteiger partial charge in [-0.3, -0.25) is 19.2 Å². The lowest BCUT2D eigenvalue weighted by Crippen LogP contribution is -1.94. The Morgan fingerprint density at radius 1 is 0.692 bits per heavy atom. The van der Waals surface area contributed by atoms with Gasteiger partial charge in [-0.25, -0.2) is 0 Å². The summed E-state index contributed by atoms with van der Waals surface area (Å²) >= 11 is 18.4. The third-order valence-corrected chi connectivity index (χ3v) is 1.14. The molecule has 0 fully saturated rings. The molecule has 74 valence electrons. The van der Waals surface area contributed by atoms with Crippen LogP contribution >= 0.6 is 46.4 Å². The minimum absolute atomic E-state index is 0.386. The first-order valence-electron chi connectivity index (χ1n) is 2.53. The van der Waals surface area contributed by atoms with Crippen molar-refractivity contribution in [2.24, 2.45) is 0 Å². The molecular formula is C5H2Cl4O4. The molecule has 0 unspecified atom stereocenters. The molecule has 0 rings (SSSR count). The van der Waals surface area contributed by atoms with E-state index in [0.717, 1.165) is 0 Å². The lowest BCUT2D eigenvalue weighted by molar-refractivity contribution is -0.127. The quantitative estimate of drug-likeness (QED) is 0.441. The Morgan fingerprint density at radius 3 is 0.923 bits per heavy atom. The van der Waals surface area contributed by atoms with Crippen LogP contribution in [0.5, 0.6) is 0 Å². The summed E-state index contributed by atoms with van der Waals surface area (Å²) in [5.74, 6) is 0. The monoisotopic (exact) mass is 266 g/mol. The van der Waals surface area contributed by atoms with Gasteiger partial charge in [-0.2, -0.15) is 0 Å². The summed E-state index contributed by atoms with van der Waals surface area (Å²) in [7, 11) is 0. The molecule has 8 heteroatoms. The molecule has 0 aromatic heterocycles. The fourth-order valence-corrected chi connectivity index (χ4v) is 0.420. The average Bonchev–Trinajstić information content (AvgIpc) is 1.84. The topological polar surface area (TPSA) is 68.3 Å². The van der Waals surface area contributed by atoms with Crippen molar-refractivity contribution in [3.05, 3.63) is 0 Å². The Hall–Kier alpha value is -0.160. The predicted molar refractivity (Wildman–Crippen MR) is 48.1 cm³/mol. The fourth-order valence-electron chi connectivity index (χ4n) is 0.109. The van der Waals surface area contributed by atoms with E-state index in [1.807, 2.05) is 0 Å². The predicted octanol–water partition coefficient (Wildman–Crippen LogP) is 1.42. The summed E-state index contributed by atoms with van der Waals surface area (Å²) in [4.78, 5) is 38.3. The van der Waals surface area contributed by atoms with Crippen LogP contribution in [0.4, 0.5) is 0 Å². The van der Waals surface area contributed by atoms with Gasteiger partial charge in [-0.15, -0.1) is 0 Å². The van der Waals surface area contributed by atoms with Crippen molar-refractivity contribution >= 4 is 67.4 Å². The van der Waals surface area contributed by atoms with E-state index in [1.54, 1.807) is 0 Å². The normalized spacial score (nSPS) is 8.00. The average molecular weight is 268 g/mol. The first-order valence-corrected chi connectivity index (χ1v) is 4.04. The van der Waals surface area contributed by atoms with Gasteiger partial charge in [-0.1, -0.05) is 0 Å². The zero-order valence-corrected chi connectivity index (χ0v) is 8.88. The van der Waals surface area contributed by atoms with Crippen molar-refractivity contribution in [2.75, 3.05) is 0 Å². The minimum Gasteiger partial charge on any atom is -0.281 e. The fraction of sp³-hybridized carbons (Fsp3) is 0.200. The molecule has 0 bridgehead atoms. The summed E-state index contributed by atoms with van der Waals surface area (Å²) in [6.45, 7) is 0. The van der Waals surface area contributed by atoms with Gasteiger partial charge in [-0.05, 0) is 46.4 Å². The third kappa shape index (κ3) is 18.7. The van der Waals surface area contributed by atoms with Gasteiger partial charge >= 0.3 is 10.5 Å². The van der Waals surface area contributed by atoms with E-state index < -0.39 is 21.0 Å². The number of carbonyl (C=O) groups is 4. The van der Waals surface area contributed by atoms with E-state index in [9.17, 15) is 19.2 Å². The van der Waals surface area contributed by atoms with Gasteiger partial charge < -0.3 is 0 Å². The summed E-state index contributed by atoms with van der Waals surface area (Å²) in [6.07, 6.45) is -0.386. The van der Waals surface area contributed by atoms with Gasteiger partial charge in [0.15, 0.2) is 0 Å². The molecule has 0 aliphatic carbocycles. The summed E-state index contributed by atoms with van der Waals surface area (Å²) in [5.41, 5.74) is 0. The Bertz CT molecular complexity index is 213. The molecule has 0 amide bonds. The smallest absolute Gasteiger partial charge is 0.281 e. The molecule has 13 heavy (non-hydrogen) atoms. The van der Waals surface area contributed by atoms with Crippen molar-refractivity contribution in [3.63, 3.8) is 0 Å². The van der Waals surface area contributed by atoms with E-state index in [2.05, 4.69) is 23.2 Å². The van der Waals surface area contributed by atoms with Crippen LogP contribution in [0.1, 0.15) is 6.42 Å². The van der Waals surface area contributed by atoms with Crippen LogP contribution in [-0.4, -0.2) is 21.0 Å². The van der Waals surface area contributed by atoms with Crippen LogP contribution in [0.2, 0.25) is 0 Å². The van der Waals surface area contributed by atoms with Crippen molar-refractivity contribution in [1.29, 1.82) is 0 Å². The van der Waals surface area contributed by atoms with Crippen molar-refractivity contribution in [1.82, 2.24) is 0 Å². The van der Waals surface area contributed by atoms with E-state index in [1.165, 1.54) is 0 Å². The van der Waals surface area contributed by atoms with Gasteiger partial charge in [0, 0.05) is 0 Å². The first-order chi connectivity index (χ1) is 5.77. The molecule has 0 saturated heterocycles. The van der Waals surface area contributed by atoms with Gasteiger partial charge in [0.2, 0.25) is 10.5 Å². The lowest BCUT2D eigenvalue weighted by atomic mass is 10.5. The lowest BCUT2D eigenvalue weighted by Gasteiger charge is -1.76. The van der Waals surface area contributed by atoms with Crippen molar-refractivity contribution in [3.8, 4) is 0 Å². The number of carbonyl (C=O) groups excluding carboxylic acids is 4. The van der Waals surface area contributed by atoms with Gasteiger partial charge in [0.05, 0.1) is 6.42 Å². The molecule has 0 spiro atoms. The second kappa shape index (κ2) is 8.44. The molecule has 0 saturated carbocycles. The molecular weight excluding hydrogens is 266 g/mol. The molecule has 0 aromatic rings. The standard InChI is InChI=1S/C3H2Cl2O2.C2Cl2O2/c4-2(6)1-3(5)7;3-1(5)2(4)6/h1H2;. The highest BCUT2D eigenvalue weighted by molar-refractivity contribution is 6.97. The Kier molecular flexibility index (Phi) is 9.94. The Balaban J connectivity index is 0. The number of hydrogen-bond donors (Lipinski definition) is 0. The van der Waals surface area contributed by atoms with Crippen LogP contribution in [-0.2, 0) is 19.2 Å². The van der Waals surface area contributed by atoms with Crippen LogP contribution in [0.15, 0.2) is 0 Å². The molecule has 0 radical (unpaired) electrons. The Morgan fingerprint density at radius 2 is 0.923 bits per heavy atom. The summed E-state index contributed by atoms with van der Waals surface area (Å²) in [6, 6.07) is 0. The van der Waals surface area contributed by atoms with Crippen LogP contribution in [0.3, 0.4) is 0 Å².